The molecule has 0 aromatic carbocycles. The van der Waals surface area contributed by atoms with Crippen molar-refractivity contribution < 1.29 is 13.6 Å². The number of rotatable bonds is 3. The molecule has 86 valence electrons. The number of hydrogen-bond acceptors (Lipinski definition) is 2. The fourth-order valence-electron chi connectivity index (χ4n) is 1.49. The summed E-state index contributed by atoms with van der Waals surface area (Å²) in [4.78, 5) is 15.6. The third-order valence-electron chi connectivity index (χ3n) is 2.69. The van der Waals surface area contributed by atoms with Crippen molar-refractivity contribution in [3.05, 3.63) is 29.6 Å². The van der Waals surface area contributed by atoms with Crippen molar-refractivity contribution in [3.8, 4) is 0 Å². The van der Waals surface area contributed by atoms with Crippen LogP contribution >= 0.6 is 0 Å². The zero-order valence-electron chi connectivity index (χ0n) is 8.84. The molecule has 1 aliphatic carbocycles. The van der Waals surface area contributed by atoms with E-state index in [1.54, 1.807) is 19.1 Å². The highest BCUT2D eigenvalue weighted by atomic mass is 19.3. The van der Waals surface area contributed by atoms with Crippen molar-refractivity contribution in [2.45, 2.75) is 31.7 Å². The zero-order valence-corrected chi connectivity index (χ0v) is 8.84. The van der Waals surface area contributed by atoms with Gasteiger partial charge in [-0.15, -0.1) is 0 Å². The number of amides is 1. The normalized spacial score (nSPS) is 17.2. The molecule has 0 saturated heterocycles. The van der Waals surface area contributed by atoms with Gasteiger partial charge in [-0.3, -0.25) is 4.79 Å². The van der Waals surface area contributed by atoms with E-state index in [2.05, 4.69) is 10.3 Å². The average Bonchev–Trinajstić information content (AvgIpc) is 2.99. The third-order valence-corrected chi connectivity index (χ3v) is 2.69. The molecule has 1 aromatic rings. The summed E-state index contributed by atoms with van der Waals surface area (Å²) < 4.78 is 25.2. The molecule has 0 atom stereocenters. The number of hydrogen-bond donors (Lipinski definition) is 1. The predicted octanol–water partition coefficient (Wildman–Crippen LogP) is 1.92. The molecule has 0 aliphatic heterocycles. The van der Waals surface area contributed by atoms with Crippen LogP contribution in [0.25, 0.3) is 0 Å². The SMILES string of the molecule is Cc1cccc(C(=O)NC2(C(F)F)CC2)n1. The molecule has 3 nitrogen and oxygen atoms in total. The van der Waals surface area contributed by atoms with E-state index in [1.807, 2.05) is 0 Å². The van der Waals surface area contributed by atoms with Crippen LogP contribution in [0.4, 0.5) is 8.78 Å². The summed E-state index contributed by atoms with van der Waals surface area (Å²) in [5.41, 5.74) is -0.427. The van der Waals surface area contributed by atoms with Gasteiger partial charge in [0.15, 0.2) is 0 Å². The Balaban J connectivity index is 2.09. The molecule has 0 spiro atoms. The van der Waals surface area contributed by atoms with E-state index in [4.69, 9.17) is 0 Å². The van der Waals surface area contributed by atoms with Crippen LogP contribution in [0.15, 0.2) is 18.2 Å². The number of halogens is 2. The molecule has 1 aromatic heterocycles. The van der Waals surface area contributed by atoms with Crippen LogP contribution in [0.1, 0.15) is 29.0 Å². The highest BCUT2D eigenvalue weighted by molar-refractivity contribution is 5.93. The number of nitrogens with one attached hydrogen (secondary N) is 1. The Morgan fingerprint density at radius 2 is 2.19 bits per heavy atom. The van der Waals surface area contributed by atoms with Crippen molar-refractivity contribution in [3.63, 3.8) is 0 Å². The topological polar surface area (TPSA) is 42.0 Å². The Labute approximate surface area is 91.9 Å². The molecule has 2 rings (SSSR count). The maximum absolute atomic E-state index is 12.6. The second-order valence-electron chi connectivity index (χ2n) is 4.08. The Morgan fingerprint density at radius 3 is 2.69 bits per heavy atom. The molecular formula is C11H12F2N2O. The van der Waals surface area contributed by atoms with Gasteiger partial charge in [-0.1, -0.05) is 6.07 Å². The van der Waals surface area contributed by atoms with Gasteiger partial charge in [-0.2, -0.15) is 0 Å². The van der Waals surface area contributed by atoms with Crippen molar-refractivity contribution in [1.29, 1.82) is 0 Å². The van der Waals surface area contributed by atoms with Crippen LogP contribution in [-0.4, -0.2) is 22.9 Å². The largest absolute Gasteiger partial charge is 0.339 e. The molecule has 1 aliphatic rings. The predicted molar refractivity (Wildman–Crippen MR) is 54.4 cm³/mol. The lowest BCUT2D eigenvalue weighted by Gasteiger charge is -2.15. The van der Waals surface area contributed by atoms with Crippen LogP contribution in [0.3, 0.4) is 0 Å². The second-order valence-corrected chi connectivity index (χ2v) is 4.08. The van der Waals surface area contributed by atoms with Crippen molar-refractivity contribution in [2.75, 3.05) is 0 Å². The second kappa shape index (κ2) is 3.81. The highest BCUT2D eigenvalue weighted by Crippen LogP contribution is 2.41. The number of pyridine rings is 1. The third kappa shape index (κ3) is 2.03. The fourth-order valence-corrected chi connectivity index (χ4v) is 1.49. The maximum atomic E-state index is 12.6. The minimum Gasteiger partial charge on any atom is -0.339 e. The molecular weight excluding hydrogens is 214 g/mol. The van der Waals surface area contributed by atoms with Gasteiger partial charge >= 0.3 is 0 Å². The first-order valence-corrected chi connectivity index (χ1v) is 5.08. The molecule has 1 fully saturated rings. The minimum atomic E-state index is -2.51. The molecule has 16 heavy (non-hydrogen) atoms. The number of nitrogens with zero attached hydrogens (tertiary/aromatic N) is 1. The van der Waals surface area contributed by atoms with Gasteiger partial charge in [0, 0.05) is 5.69 Å². The fraction of sp³-hybridized carbons (Fsp3) is 0.455. The molecule has 1 N–H and O–H groups in total. The van der Waals surface area contributed by atoms with Crippen LogP contribution in [0, 0.1) is 6.92 Å². The maximum Gasteiger partial charge on any atom is 0.270 e. The van der Waals surface area contributed by atoms with E-state index >= 15 is 0 Å². The summed E-state index contributed by atoms with van der Waals surface area (Å²) >= 11 is 0. The lowest BCUT2D eigenvalue weighted by Crippen LogP contribution is -2.42. The highest BCUT2D eigenvalue weighted by Gasteiger charge is 2.52. The first kappa shape index (κ1) is 11.0. The molecule has 0 radical (unpaired) electrons. The molecule has 0 unspecified atom stereocenters. The van der Waals surface area contributed by atoms with Gasteiger partial charge in [0.1, 0.15) is 11.2 Å². The Bertz CT molecular complexity index is 416. The summed E-state index contributed by atoms with van der Waals surface area (Å²) in [5, 5.41) is 2.36. The first-order valence-electron chi connectivity index (χ1n) is 5.08. The standard InChI is InChI=1S/C11H12F2N2O/c1-7-3-2-4-8(14-7)9(16)15-11(5-6-11)10(12)13/h2-4,10H,5-6H2,1H3,(H,15,16). The van der Waals surface area contributed by atoms with E-state index in [9.17, 15) is 13.6 Å². The number of aromatic nitrogens is 1. The summed E-state index contributed by atoms with van der Waals surface area (Å²) in [6.45, 7) is 1.75. The Kier molecular flexibility index (Phi) is 2.61. The van der Waals surface area contributed by atoms with E-state index in [-0.39, 0.29) is 5.69 Å². The zero-order chi connectivity index (χ0) is 11.8. The molecule has 1 saturated carbocycles. The van der Waals surface area contributed by atoms with Crippen LogP contribution < -0.4 is 5.32 Å². The van der Waals surface area contributed by atoms with Crippen LogP contribution in [0.2, 0.25) is 0 Å². The Morgan fingerprint density at radius 1 is 1.50 bits per heavy atom. The summed E-state index contributed by atoms with van der Waals surface area (Å²) in [5.74, 6) is -0.526. The van der Waals surface area contributed by atoms with Crippen LogP contribution in [-0.2, 0) is 0 Å². The van der Waals surface area contributed by atoms with Gasteiger partial charge in [0.25, 0.3) is 12.3 Å². The summed E-state index contributed by atoms with van der Waals surface area (Å²) in [7, 11) is 0. The molecule has 5 heteroatoms. The van der Waals surface area contributed by atoms with E-state index < -0.39 is 17.9 Å². The van der Waals surface area contributed by atoms with Gasteiger partial charge in [0.2, 0.25) is 0 Å². The number of aryl methyl sites for hydroxylation is 1. The number of carbonyl (C=O) groups is 1. The summed E-state index contributed by atoms with van der Waals surface area (Å²) in [6.07, 6.45) is -1.84. The van der Waals surface area contributed by atoms with Crippen molar-refractivity contribution >= 4 is 5.91 Å². The van der Waals surface area contributed by atoms with Crippen molar-refractivity contribution in [2.24, 2.45) is 0 Å². The minimum absolute atomic E-state index is 0.187. The smallest absolute Gasteiger partial charge is 0.270 e. The van der Waals surface area contributed by atoms with Gasteiger partial charge in [0.05, 0.1) is 0 Å². The van der Waals surface area contributed by atoms with Gasteiger partial charge in [-0.05, 0) is 31.9 Å². The molecule has 1 heterocycles. The molecule has 0 bridgehead atoms. The number of carbonyl (C=O) groups excluding carboxylic acids is 1. The van der Waals surface area contributed by atoms with E-state index in [1.165, 1.54) is 6.07 Å². The molecule has 1 amide bonds. The average molecular weight is 226 g/mol. The number of alkyl halides is 2. The summed E-state index contributed by atoms with van der Waals surface area (Å²) in [6, 6.07) is 4.94. The van der Waals surface area contributed by atoms with Gasteiger partial charge in [-0.25, -0.2) is 13.8 Å². The first-order chi connectivity index (χ1) is 7.53. The van der Waals surface area contributed by atoms with Crippen molar-refractivity contribution in [1.82, 2.24) is 10.3 Å². The van der Waals surface area contributed by atoms with E-state index in [0.29, 0.717) is 18.5 Å². The van der Waals surface area contributed by atoms with E-state index in [0.717, 1.165) is 0 Å². The monoisotopic (exact) mass is 226 g/mol. The lowest BCUT2D eigenvalue weighted by atomic mass is 10.2. The van der Waals surface area contributed by atoms with Crippen LogP contribution in [0.5, 0.6) is 0 Å². The van der Waals surface area contributed by atoms with Gasteiger partial charge < -0.3 is 5.32 Å². The quantitative estimate of drug-likeness (QED) is 0.855. The Hall–Kier alpha value is -1.52. The lowest BCUT2D eigenvalue weighted by molar-refractivity contribution is 0.0676.